The third-order valence-electron chi connectivity index (χ3n) is 3.57. The molecule has 1 amide bonds. The zero-order valence-corrected chi connectivity index (χ0v) is 15.2. The van der Waals surface area contributed by atoms with Gasteiger partial charge in [-0.1, -0.05) is 25.1 Å². The average Bonchev–Trinajstić information content (AvgIpc) is 3.30. The van der Waals surface area contributed by atoms with Gasteiger partial charge in [-0.15, -0.1) is 16.4 Å². The van der Waals surface area contributed by atoms with E-state index in [-0.39, 0.29) is 12.3 Å². The number of amides is 1. The first-order chi connectivity index (χ1) is 12.6. The monoisotopic (exact) mass is 370 g/mol. The number of hydrogen-bond donors (Lipinski definition) is 1. The molecule has 3 rings (SSSR count). The fourth-order valence-electron chi connectivity index (χ4n) is 2.29. The summed E-state index contributed by atoms with van der Waals surface area (Å²) in [7, 11) is 0. The highest BCUT2D eigenvalue weighted by molar-refractivity contribution is 7.16. The summed E-state index contributed by atoms with van der Waals surface area (Å²) < 4.78 is 5.06. The van der Waals surface area contributed by atoms with Gasteiger partial charge in [0, 0.05) is 4.88 Å². The van der Waals surface area contributed by atoms with Gasteiger partial charge in [0.1, 0.15) is 5.00 Å². The van der Waals surface area contributed by atoms with Crippen molar-refractivity contribution in [1.82, 2.24) is 15.0 Å². The molecule has 0 atom stereocenters. The summed E-state index contributed by atoms with van der Waals surface area (Å²) in [5, 5.41) is 11.5. The first-order valence-electron chi connectivity index (χ1n) is 8.21. The Morgan fingerprint density at radius 2 is 2.00 bits per heavy atom. The van der Waals surface area contributed by atoms with Crippen LogP contribution in [0.2, 0.25) is 0 Å². The van der Waals surface area contributed by atoms with Crippen LogP contribution in [0.25, 0.3) is 5.69 Å². The maximum absolute atomic E-state index is 12.5. The average molecular weight is 370 g/mol. The quantitative estimate of drug-likeness (QED) is 0.673. The lowest BCUT2D eigenvalue weighted by Crippen LogP contribution is -2.15. The number of nitrogens with one attached hydrogen (secondary N) is 1. The Bertz CT molecular complexity index is 918. The van der Waals surface area contributed by atoms with Gasteiger partial charge in [-0.3, -0.25) is 4.79 Å². The fraction of sp³-hybridized carbons (Fsp3) is 0.222. The van der Waals surface area contributed by atoms with Crippen molar-refractivity contribution in [2.75, 3.05) is 11.9 Å². The molecule has 0 spiro atoms. The van der Waals surface area contributed by atoms with E-state index in [0.29, 0.717) is 10.6 Å². The van der Waals surface area contributed by atoms with Crippen molar-refractivity contribution >= 4 is 28.2 Å². The molecule has 2 heterocycles. The summed E-state index contributed by atoms with van der Waals surface area (Å²) in [5.74, 6) is -0.881. The zero-order valence-electron chi connectivity index (χ0n) is 14.4. The van der Waals surface area contributed by atoms with Crippen LogP contribution < -0.4 is 5.32 Å². The molecular weight excluding hydrogens is 352 g/mol. The Morgan fingerprint density at radius 1 is 1.23 bits per heavy atom. The Labute approximate surface area is 154 Å². The molecule has 3 aromatic rings. The molecule has 26 heavy (non-hydrogen) atoms. The highest BCUT2D eigenvalue weighted by atomic mass is 32.1. The van der Waals surface area contributed by atoms with Crippen molar-refractivity contribution in [2.24, 2.45) is 0 Å². The summed E-state index contributed by atoms with van der Waals surface area (Å²) in [6.45, 7) is 4.00. The summed E-state index contributed by atoms with van der Waals surface area (Å²) in [5.41, 5.74) is 1.27. The Morgan fingerprint density at radius 3 is 2.69 bits per heavy atom. The van der Waals surface area contributed by atoms with Crippen LogP contribution in [0.1, 0.15) is 39.6 Å². The molecule has 0 radical (unpaired) electrons. The van der Waals surface area contributed by atoms with Gasteiger partial charge in [0.2, 0.25) is 0 Å². The van der Waals surface area contributed by atoms with Gasteiger partial charge in [0.25, 0.3) is 5.91 Å². The summed E-state index contributed by atoms with van der Waals surface area (Å²) in [6, 6.07) is 11.0. The van der Waals surface area contributed by atoms with Gasteiger partial charge in [-0.2, -0.15) is 9.90 Å². The number of carbonyl (C=O) groups is 2. The minimum atomic E-state index is -0.452. The topological polar surface area (TPSA) is 86.1 Å². The molecule has 8 heteroatoms. The molecule has 2 aromatic heterocycles. The van der Waals surface area contributed by atoms with Crippen molar-refractivity contribution in [3.05, 3.63) is 58.7 Å². The van der Waals surface area contributed by atoms with Gasteiger partial charge in [0.05, 0.1) is 24.1 Å². The lowest BCUT2D eigenvalue weighted by Gasteiger charge is -2.04. The molecule has 0 aliphatic rings. The van der Waals surface area contributed by atoms with Crippen LogP contribution in [-0.2, 0) is 11.2 Å². The van der Waals surface area contributed by atoms with E-state index in [1.54, 1.807) is 13.0 Å². The van der Waals surface area contributed by atoms with Crippen LogP contribution in [0.4, 0.5) is 5.00 Å². The molecule has 1 N–H and O–H groups in total. The van der Waals surface area contributed by atoms with Crippen LogP contribution >= 0.6 is 11.3 Å². The Hall–Kier alpha value is -3.00. The van der Waals surface area contributed by atoms with Crippen LogP contribution in [0.5, 0.6) is 0 Å². The molecular formula is C18H18N4O3S. The van der Waals surface area contributed by atoms with Crippen LogP contribution in [0, 0.1) is 0 Å². The van der Waals surface area contributed by atoms with Crippen molar-refractivity contribution in [3.8, 4) is 5.69 Å². The number of anilines is 1. The van der Waals surface area contributed by atoms with Crippen molar-refractivity contribution in [2.45, 2.75) is 20.3 Å². The van der Waals surface area contributed by atoms with Gasteiger partial charge >= 0.3 is 5.97 Å². The van der Waals surface area contributed by atoms with E-state index in [1.165, 1.54) is 22.3 Å². The molecule has 7 nitrogen and oxygen atoms in total. The summed E-state index contributed by atoms with van der Waals surface area (Å²) in [4.78, 5) is 27.0. The fourth-order valence-corrected chi connectivity index (χ4v) is 3.27. The molecule has 0 saturated heterocycles. The minimum Gasteiger partial charge on any atom is -0.462 e. The third kappa shape index (κ3) is 3.80. The first kappa shape index (κ1) is 17.8. The van der Waals surface area contributed by atoms with E-state index in [0.717, 1.165) is 17.0 Å². The van der Waals surface area contributed by atoms with Crippen LogP contribution in [-0.4, -0.2) is 33.5 Å². The normalized spacial score (nSPS) is 10.5. The molecule has 0 unspecified atom stereocenters. The number of thiophene rings is 1. The maximum atomic E-state index is 12.5. The number of nitrogens with zero attached hydrogens (tertiary/aromatic N) is 3. The number of rotatable bonds is 6. The zero-order chi connectivity index (χ0) is 18.5. The van der Waals surface area contributed by atoms with Crippen molar-refractivity contribution in [3.63, 3.8) is 0 Å². The van der Waals surface area contributed by atoms with Crippen molar-refractivity contribution < 1.29 is 14.3 Å². The van der Waals surface area contributed by atoms with Crippen molar-refractivity contribution in [1.29, 1.82) is 0 Å². The molecule has 0 aliphatic carbocycles. The van der Waals surface area contributed by atoms with Gasteiger partial charge in [0.15, 0.2) is 5.69 Å². The lowest BCUT2D eigenvalue weighted by atomic mass is 10.2. The lowest BCUT2D eigenvalue weighted by molar-refractivity contribution is 0.0528. The molecule has 0 bridgehead atoms. The van der Waals surface area contributed by atoms with E-state index in [9.17, 15) is 9.59 Å². The number of ether oxygens (including phenoxy) is 1. The Kier molecular flexibility index (Phi) is 5.43. The predicted molar refractivity (Wildman–Crippen MR) is 99.0 cm³/mol. The highest BCUT2D eigenvalue weighted by Crippen LogP contribution is 2.29. The second-order valence-electron chi connectivity index (χ2n) is 5.34. The highest BCUT2D eigenvalue weighted by Gasteiger charge is 2.20. The standard InChI is InChI=1S/C18H18N4O3S/c1-3-13-10-14(18(24)25-4-2)17(26-13)20-16(23)15-11-19-22(21-15)12-8-6-5-7-9-12/h5-11H,3-4H2,1-2H3,(H,20,23). The number of aryl methyl sites for hydroxylation is 1. The second kappa shape index (κ2) is 7.92. The van der Waals surface area contributed by atoms with Crippen LogP contribution in [0.15, 0.2) is 42.6 Å². The number of hydrogen-bond acceptors (Lipinski definition) is 6. The second-order valence-corrected chi connectivity index (χ2v) is 6.48. The van der Waals surface area contributed by atoms with E-state index >= 15 is 0 Å². The summed E-state index contributed by atoms with van der Waals surface area (Å²) in [6.07, 6.45) is 2.15. The number of carbonyl (C=O) groups excluding carboxylic acids is 2. The molecule has 134 valence electrons. The number of para-hydroxylation sites is 1. The van der Waals surface area contributed by atoms with Gasteiger partial charge in [-0.25, -0.2) is 4.79 Å². The van der Waals surface area contributed by atoms with E-state index in [4.69, 9.17) is 4.74 Å². The number of benzene rings is 1. The van der Waals surface area contributed by atoms with E-state index in [2.05, 4.69) is 15.5 Å². The first-order valence-corrected chi connectivity index (χ1v) is 9.03. The largest absolute Gasteiger partial charge is 0.462 e. The molecule has 0 saturated carbocycles. The molecule has 0 aliphatic heterocycles. The minimum absolute atomic E-state index is 0.162. The van der Waals surface area contributed by atoms with E-state index in [1.807, 2.05) is 37.3 Å². The van der Waals surface area contributed by atoms with Gasteiger partial charge in [-0.05, 0) is 31.5 Å². The summed E-state index contributed by atoms with van der Waals surface area (Å²) >= 11 is 1.35. The smallest absolute Gasteiger partial charge is 0.341 e. The predicted octanol–water partition coefficient (Wildman–Crippen LogP) is 3.32. The number of aromatic nitrogens is 3. The maximum Gasteiger partial charge on any atom is 0.341 e. The number of esters is 1. The molecule has 1 aromatic carbocycles. The SMILES string of the molecule is CCOC(=O)c1cc(CC)sc1NC(=O)c1cnn(-c2ccccc2)n1. The molecule has 0 fully saturated rings. The third-order valence-corrected chi connectivity index (χ3v) is 4.76. The van der Waals surface area contributed by atoms with E-state index < -0.39 is 11.9 Å². The van der Waals surface area contributed by atoms with Gasteiger partial charge < -0.3 is 10.1 Å². The Balaban J connectivity index is 1.81. The van der Waals surface area contributed by atoms with Crippen LogP contribution in [0.3, 0.4) is 0 Å².